The van der Waals surface area contributed by atoms with Gasteiger partial charge < -0.3 is 5.32 Å². The molecule has 15 heavy (non-hydrogen) atoms. The molecule has 0 aliphatic carbocycles. The number of piperidine rings is 1. The van der Waals surface area contributed by atoms with Crippen molar-refractivity contribution in [2.75, 3.05) is 13.1 Å². The van der Waals surface area contributed by atoms with Crippen LogP contribution in [0.1, 0.15) is 19.3 Å². The minimum Gasteiger partial charge on any atom is -0.317 e. The predicted molar refractivity (Wildman–Crippen MR) is 68.5 cm³/mol. The summed E-state index contributed by atoms with van der Waals surface area (Å²) in [4.78, 5) is 0. The van der Waals surface area contributed by atoms with Gasteiger partial charge in [0.25, 0.3) is 0 Å². The third-order valence-corrected chi connectivity index (χ3v) is 3.47. The molecule has 0 amide bonds. The molecule has 0 atom stereocenters. The van der Waals surface area contributed by atoms with Crippen LogP contribution in [0.2, 0.25) is 0 Å². The van der Waals surface area contributed by atoms with Crippen LogP contribution < -0.4 is 5.32 Å². The zero-order chi connectivity index (χ0) is 10.3. The minimum atomic E-state index is 1.25. The van der Waals surface area contributed by atoms with E-state index < -0.39 is 0 Å². The SMILES string of the molecule is C1CCNCC1.c1ccc2sccc2c1. The zero-order valence-electron chi connectivity index (χ0n) is 8.91. The number of benzene rings is 1. The lowest BCUT2D eigenvalue weighted by molar-refractivity contribution is 0.520. The molecule has 1 fully saturated rings. The molecule has 1 aliphatic heterocycles. The van der Waals surface area contributed by atoms with E-state index in [1.54, 1.807) is 11.3 Å². The second-order valence-corrected chi connectivity index (χ2v) is 4.72. The van der Waals surface area contributed by atoms with Gasteiger partial charge in [-0.3, -0.25) is 0 Å². The largest absolute Gasteiger partial charge is 0.317 e. The number of rotatable bonds is 0. The van der Waals surface area contributed by atoms with E-state index in [9.17, 15) is 0 Å². The maximum atomic E-state index is 3.28. The average molecular weight is 219 g/mol. The van der Waals surface area contributed by atoms with Gasteiger partial charge in [0.05, 0.1) is 0 Å². The fourth-order valence-corrected chi connectivity index (χ4v) is 2.50. The summed E-state index contributed by atoms with van der Waals surface area (Å²) < 4.78 is 1.37. The van der Waals surface area contributed by atoms with Crippen molar-refractivity contribution in [3.8, 4) is 0 Å². The van der Waals surface area contributed by atoms with E-state index in [2.05, 4.69) is 41.0 Å². The van der Waals surface area contributed by atoms with E-state index in [1.807, 2.05) is 0 Å². The summed E-state index contributed by atoms with van der Waals surface area (Å²) in [5.74, 6) is 0. The third kappa shape index (κ3) is 3.33. The highest BCUT2D eigenvalue weighted by Gasteiger charge is 1.93. The van der Waals surface area contributed by atoms with Crippen LogP contribution in [0.15, 0.2) is 35.7 Å². The lowest BCUT2D eigenvalue weighted by atomic mass is 10.2. The lowest BCUT2D eigenvalue weighted by Crippen LogP contribution is -2.21. The fraction of sp³-hybridized carbons (Fsp3) is 0.385. The quantitative estimate of drug-likeness (QED) is 0.713. The summed E-state index contributed by atoms with van der Waals surface area (Å²) in [6.45, 7) is 2.50. The predicted octanol–water partition coefficient (Wildman–Crippen LogP) is 3.66. The molecule has 1 N–H and O–H groups in total. The van der Waals surface area contributed by atoms with Crippen LogP contribution in [0.25, 0.3) is 10.1 Å². The van der Waals surface area contributed by atoms with Crippen molar-refractivity contribution in [3.05, 3.63) is 35.7 Å². The number of thiophene rings is 1. The number of hydrogen-bond donors (Lipinski definition) is 1. The Kier molecular flexibility index (Phi) is 4.18. The smallest absolute Gasteiger partial charge is 0.0342 e. The molecule has 2 heterocycles. The van der Waals surface area contributed by atoms with Gasteiger partial charge in [-0.05, 0) is 48.8 Å². The van der Waals surface area contributed by atoms with Gasteiger partial charge in [-0.1, -0.05) is 24.6 Å². The van der Waals surface area contributed by atoms with E-state index in [0.29, 0.717) is 0 Å². The molecule has 0 unspecified atom stereocenters. The van der Waals surface area contributed by atoms with E-state index in [4.69, 9.17) is 0 Å². The topological polar surface area (TPSA) is 12.0 Å². The van der Waals surface area contributed by atoms with Crippen molar-refractivity contribution >= 4 is 21.4 Å². The van der Waals surface area contributed by atoms with Gasteiger partial charge in [-0.25, -0.2) is 0 Å². The van der Waals surface area contributed by atoms with Crippen molar-refractivity contribution in [3.63, 3.8) is 0 Å². The van der Waals surface area contributed by atoms with Crippen LogP contribution in [-0.4, -0.2) is 13.1 Å². The molecule has 0 bridgehead atoms. The fourth-order valence-electron chi connectivity index (χ4n) is 1.71. The molecule has 1 aromatic carbocycles. The maximum Gasteiger partial charge on any atom is 0.0342 e. The summed E-state index contributed by atoms with van der Waals surface area (Å²) in [5, 5.41) is 6.75. The number of hydrogen-bond acceptors (Lipinski definition) is 2. The Hall–Kier alpha value is -0.860. The summed E-state index contributed by atoms with van der Waals surface area (Å²) >= 11 is 1.79. The molecule has 2 aromatic rings. The molecular weight excluding hydrogens is 202 g/mol. The molecule has 80 valence electrons. The van der Waals surface area contributed by atoms with Crippen LogP contribution >= 0.6 is 11.3 Å². The first-order valence-electron chi connectivity index (χ1n) is 5.60. The van der Waals surface area contributed by atoms with E-state index >= 15 is 0 Å². The molecule has 2 heteroatoms. The van der Waals surface area contributed by atoms with Gasteiger partial charge in [-0.15, -0.1) is 11.3 Å². The maximum absolute atomic E-state index is 3.28. The van der Waals surface area contributed by atoms with Gasteiger partial charge in [0.15, 0.2) is 0 Å². The van der Waals surface area contributed by atoms with Crippen molar-refractivity contribution in [1.29, 1.82) is 0 Å². The Morgan fingerprint density at radius 2 is 1.73 bits per heavy atom. The van der Waals surface area contributed by atoms with Gasteiger partial charge in [0.1, 0.15) is 0 Å². The highest BCUT2D eigenvalue weighted by molar-refractivity contribution is 7.17. The molecule has 1 nitrogen and oxygen atoms in total. The summed E-state index contributed by atoms with van der Waals surface area (Å²) in [6.07, 6.45) is 4.22. The first-order chi connectivity index (χ1) is 7.47. The molecule has 1 aromatic heterocycles. The zero-order valence-corrected chi connectivity index (χ0v) is 9.72. The van der Waals surface area contributed by atoms with Crippen molar-refractivity contribution in [1.82, 2.24) is 5.32 Å². The molecule has 3 rings (SSSR count). The standard InChI is InChI=1S/C8H6S.C5H11N/c1-2-4-8-7(3-1)5-6-9-8;1-2-4-6-5-3-1/h1-6H;6H,1-5H2. The molecule has 0 radical (unpaired) electrons. The van der Waals surface area contributed by atoms with Crippen molar-refractivity contribution < 1.29 is 0 Å². The Balaban J connectivity index is 0.000000124. The third-order valence-electron chi connectivity index (χ3n) is 2.57. The van der Waals surface area contributed by atoms with E-state index in [-0.39, 0.29) is 0 Å². The second kappa shape index (κ2) is 5.89. The van der Waals surface area contributed by atoms with Gasteiger partial charge in [0.2, 0.25) is 0 Å². The first-order valence-corrected chi connectivity index (χ1v) is 6.48. The second-order valence-electron chi connectivity index (χ2n) is 3.77. The molecule has 1 saturated heterocycles. The Morgan fingerprint density at radius 1 is 0.933 bits per heavy atom. The molecule has 0 saturated carbocycles. The number of fused-ring (bicyclic) bond motifs is 1. The lowest BCUT2D eigenvalue weighted by Gasteiger charge is -2.08. The average Bonchev–Trinajstić information content (AvgIpc) is 2.80. The van der Waals surface area contributed by atoms with Crippen LogP contribution in [0.4, 0.5) is 0 Å². The molecule has 0 spiro atoms. The monoisotopic (exact) mass is 219 g/mol. The van der Waals surface area contributed by atoms with E-state index in [1.165, 1.54) is 42.4 Å². The first kappa shape index (κ1) is 10.7. The summed E-state index contributed by atoms with van der Waals surface area (Å²) in [5.41, 5.74) is 0. The highest BCUT2D eigenvalue weighted by Crippen LogP contribution is 2.18. The van der Waals surface area contributed by atoms with Crippen LogP contribution in [-0.2, 0) is 0 Å². The van der Waals surface area contributed by atoms with E-state index in [0.717, 1.165) is 0 Å². The van der Waals surface area contributed by atoms with Crippen LogP contribution in [0.3, 0.4) is 0 Å². The van der Waals surface area contributed by atoms with Gasteiger partial charge >= 0.3 is 0 Å². The van der Waals surface area contributed by atoms with Crippen LogP contribution in [0.5, 0.6) is 0 Å². The summed E-state index contributed by atoms with van der Waals surface area (Å²) in [7, 11) is 0. The Morgan fingerprint density at radius 3 is 2.33 bits per heavy atom. The Bertz CT molecular complexity index is 348. The minimum absolute atomic E-state index is 1.25. The van der Waals surface area contributed by atoms with Gasteiger partial charge in [0, 0.05) is 4.70 Å². The van der Waals surface area contributed by atoms with Crippen molar-refractivity contribution in [2.45, 2.75) is 19.3 Å². The number of nitrogens with one attached hydrogen (secondary N) is 1. The van der Waals surface area contributed by atoms with Crippen molar-refractivity contribution in [2.24, 2.45) is 0 Å². The highest BCUT2D eigenvalue weighted by atomic mass is 32.1. The van der Waals surface area contributed by atoms with Crippen LogP contribution in [0, 0.1) is 0 Å². The molecule has 1 aliphatic rings. The van der Waals surface area contributed by atoms with Gasteiger partial charge in [-0.2, -0.15) is 0 Å². The summed E-state index contributed by atoms with van der Waals surface area (Å²) in [6, 6.07) is 10.5. The Labute approximate surface area is 95.1 Å². The molecular formula is C13H17NS. The normalized spacial score (nSPS) is 15.7.